The van der Waals surface area contributed by atoms with E-state index in [1.165, 1.54) is 25.7 Å². The Kier molecular flexibility index (Phi) is 2.94. The first-order chi connectivity index (χ1) is 9.97. The zero-order valence-electron chi connectivity index (χ0n) is 13.5. The molecule has 0 bridgehead atoms. The molecule has 0 unspecified atom stereocenters. The van der Waals surface area contributed by atoms with Crippen LogP contribution in [0.1, 0.15) is 71.6 Å². The molecule has 0 amide bonds. The summed E-state index contributed by atoms with van der Waals surface area (Å²) in [5, 5.41) is 0. The van der Waals surface area contributed by atoms with Crippen molar-refractivity contribution in [2.24, 2.45) is 34.5 Å². The van der Waals surface area contributed by atoms with E-state index in [9.17, 15) is 9.59 Å². The quantitative estimate of drug-likeness (QED) is 0.670. The van der Waals surface area contributed by atoms with Crippen molar-refractivity contribution in [1.29, 1.82) is 0 Å². The van der Waals surface area contributed by atoms with Crippen molar-refractivity contribution in [3.63, 3.8) is 0 Å². The highest BCUT2D eigenvalue weighted by Crippen LogP contribution is 2.64. The van der Waals surface area contributed by atoms with Gasteiger partial charge in [0.2, 0.25) is 0 Å². The van der Waals surface area contributed by atoms with Crippen LogP contribution in [-0.4, -0.2) is 11.6 Å². The maximum Gasteiger partial charge on any atom is 0.139 e. The highest BCUT2D eigenvalue weighted by Gasteiger charge is 2.62. The summed E-state index contributed by atoms with van der Waals surface area (Å²) in [5.74, 6) is 2.70. The molecule has 0 radical (unpaired) electrons. The van der Waals surface area contributed by atoms with Crippen molar-refractivity contribution in [3.8, 4) is 0 Å². The van der Waals surface area contributed by atoms with Crippen LogP contribution in [0.2, 0.25) is 0 Å². The second-order valence-electron chi connectivity index (χ2n) is 8.78. The lowest BCUT2D eigenvalue weighted by Crippen LogP contribution is -2.56. The summed E-state index contributed by atoms with van der Waals surface area (Å²) in [5.41, 5.74) is 0.207. The Hall–Kier alpha value is -0.660. The summed E-state index contributed by atoms with van der Waals surface area (Å²) in [6, 6.07) is 0. The Labute approximate surface area is 128 Å². The van der Waals surface area contributed by atoms with E-state index in [1.54, 1.807) is 0 Å². The van der Waals surface area contributed by atoms with E-state index in [4.69, 9.17) is 0 Å². The summed E-state index contributed by atoms with van der Waals surface area (Å²) in [6.07, 6.45) is 9.86. The number of ketones is 2. The molecule has 6 atom stereocenters. The van der Waals surface area contributed by atoms with Crippen LogP contribution in [0, 0.1) is 34.5 Å². The second kappa shape index (κ2) is 4.43. The highest BCUT2D eigenvalue weighted by atomic mass is 16.1. The molecular formula is C19H28O2. The second-order valence-corrected chi connectivity index (χ2v) is 8.78. The standard InChI is InChI=1S/C19H28O2/c1-18-9-4-3-5-12(18)11-15(20)17-13-6-7-16(21)19(13,2)10-8-14(17)18/h12-14,17H,3-11H2,1-2H3/t12-,13+,14-,17-,18-,19+/m0/s1. The number of carbonyl (C=O) groups excluding carboxylic acids is 2. The van der Waals surface area contributed by atoms with Gasteiger partial charge in [0.1, 0.15) is 11.6 Å². The lowest BCUT2D eigenvalue weighted by atomic mass is 9.45. The minimum Gasteiger partial charge on any atom is -0.299 e. The smallest absolute Gasteiger partial charge is 0.139 e. The summed E-state index contributed by atoms with van der Waals surface area (Å²) in [4.78, 5) is 25.3. The van der Waals surface area contributed by atoms with Crippen LogP contribution in [0.3, 0.4) is 0 Å². The van der Waals surface area contributed by atoms with E-state index in [2.05, 4.69) is 13.8 Å². The Morgan fingerprint density at radius 1 is 0.952 bits per heavy atom. The van der Waals surface area contributed by atoms with Crippen molar-refractivity contribution in [2.75, 3.05) is 0 Å². The van der Waals surface area contributed by atoms with Crippen LogP contribution in [0.15, 0.2) is 0 Å². The van der Waals surface area contributed by atoms with E-state index >= 15 is 0 Å². The maximum atomic E-state index is 12.9. The van der Waals surface area contributed by atoms with Gasteiger partial charge in [-0.3, -0.25) is 9.59 Å². The van der Waals surface area contributed by atoms with Gasteiger partial charge in [0, 0.05) is 24.2 Å². The van der Waals surface area contributed by atoms with Gasteiger partial charge in [-0.15, -0.1) is 0 Å². The van der Waals surface area contributed by atoms with Gasteiger partial charge in [0.15, 0.2) is 0 Å². The first kappa shape index (κ1) is 14.0. The summed E-state index contributed by atoms with van der Waals surface area (Å²) < 4.78 is 0. The molecule has 0 spiro atoms. The van der Waals surface area contributed by atoms with Crippen molar-refractivity contribution < 1.29 is 9.59 Å². The fourth-order valence-corrected chi connectivity index (χ4v) is 6.74. The Balaban J connectivity index is 1.72. The third-order valence-electron chi connectivity index (χ3n) is 8.10. The molecule has 0 aromatic carbocycles. The normalized spacial score (nSPS) is 53.0. The maximum absolute atomic E-state index is 12.9. The molecule has 4 aliphatic carbocycles. The van der Waals surface area contributed by atoms with Crippen molar-refractivity contribution in [3.05, 3.63) is 0 Å². The summed E-state index contributed by atoms with van der Waals surface area (Å²) in [7, 11) is 0. The SMILES string of the molecule is C[C@]12CCCC[C@H]1CC(=O)[C@H]1[C@H]3CCC(=O)[C@]3(C)CC[C@@H]12. The van der Waals surface area contributed by atoms with Crippen molar-refractivity contribution >= 4 is 11.6 Å². The van der Waals surface area contributed by atoms with Crippen LogP contribution < -0.4 is 0 Å². The molecule has 0 N–H and O–H groups in total. The minimum absolute atomic E-state index is 0.172. The number of hydrogen-bond acceptors (Lipinski definition) is 2. The Morgan fingerprint density at radius 3 is 2.57 bits per heavy atom. The molecule has 0 saturated heterocycles. The third kappa shape index (κ3) is 1.71. The van der Waals surface area contributed by atoms with E-state index < -0.39 is 0 Å². The van der Waals surface area contributed by atoms with Gasteiger partial charge in [-0.05, 0) is 55.3 Å². The molecule has 21 heavy (non-hydrogen) atoms. The van der Waals surface area contributed by atoms with Gasteiger partial charge < -0.3 is 0 Å². The van der Waals surface area contributed by atoms with Crippen LogP contribution >= 0.6 is 0 Å². The van der Waals surface area contributed by atoms with Gasteiger partial charge in [-0.25, -0.2) is 0 Å². The predicted octanol–water partition coefficient (Wildman–Crippen LogP) is 4.17. The van der Waals surface area contributed by atoms with Gasteiger partial charge in [-0.1, -0.05) is 26.7 Å². The lowest BCUT2D eigenvalue weighted by Gasteiger charge is -2.58. The first-order valence-electron chi connectivity index (χ1n) is 9.03. The van der Waals surface area contributed by atoms with E-state index in [-0.39, 0.29) is 11.3 Å². The molecule has 0 aliphatic heterocycles. The topological polar surface area (TPSA) is 34.1 Å². The minimum atomic E-state index is -0.172. The third-order valence-corrected chi connectivity index (χ3v) is 8.10. The molecule has 4 aliphatic rings. The van der Waals surface area contributed by atoms with E-state index in [0.717, 1.165) is 32.1 Å². The number of Topliss-reactive ketones (excluding diaryl/α,β-unsaturated/α-hetero) is 2. The number of rotatable bonds is 0. The Bertz CT molecular complexity index is 496. The molecule has 4 rings (SSSR count). The van der Waals surface area contributed by atoms with Crippen molar-refractivity contribution in [2.45, 2.75) is 71.6 Å². The summed E-state index contributed by atoms with van der Waals surface area (Å²) in [6.45, 7) is 4.63. The average molecular weight is 288 g/mol. The first-order valence-corrected chi connectivity index (χ1v) is 9.03. The molecule has 4 fully saturated rings. The zero-order chi connectivity index (χ0) is 14.8. The summed E-state index contributed by atoms with van der Waals surface area (Å²) >= 11 is 0. The predicted molar refractivity (Wildman–Crippen MR) is 81.7 cm³/mol. The molecule has 0 aromatic heterocycles. The number of carbonyl (C=O) groups is 2. The fourth-order valence-electron chi connectivity index (χ4n) is 6.74. The molecule has 4 saturated carbocycles. The van der Waals surface area contributed by atoms with Gasteiger partial charge in [0.25, 0.3) is 0 Å². The van der Waals surface area contributed by atoms with Gasteiger partial charge in [0.05, 0.1) is 0 Å². The number of hydrogen-bond donors (Lipinski definition) is 0. The van der Waals surface area contributed by atoms with Crippen molar-refractivity contribution in [1.82, 2.24) is 0 Å². The molecule has 0 heterocycles. The largest absolute Gasteiger partial charge is 0.299 e. The molecule has 0 aromatic rings. The zero-order valence-corrected chi connectivity index (χ0v) is 13.5. The van der Waals surface area contributed by atoms with Gasteiger partial charge in [-0.2, -0.15) is 0 Å². The van der Waals surface area contributed by atoms with Crippen LogP contribution in [-0.2, 0) is 9.59 Å². The molecular weight excluding hydrogens is 260 g/mol. The molecule has 2 nitrogen and oxygen atoms in total. The molecule has 116 valence electrons. The highest BCUT2D eigenvalue weighted by molar-refractivity contribution is 5.90. The van der Waals surface area contributed by atoms with E-state index in [1.807, 2.05) is 0 Å². The lowest BCUT2D eigenvalue weighted by molar-refractivity contribution is -0.156. The van der Waals surface area contributed by atoms with E-state index in [0.29, 0.717) is 34.7 Å². The molecule has 2 heteroatoms. The van der Waals surface area contributed by atoms with Gasteiger partial charge >= 0.3 is 0 Å². The number of fused-ring (bicyclic) bond motifs is 5. The van der Waals surface area contributed by atoms with Crippen LogP contribution in [0.25, 0.3) is 0 Å². The monoisotopic (exact) mass is 288 g/mol. The Morgan fingerprint density at radius 2 is 1.76 bits per heavy atom. The van der Waals surface area contributed by atoms with Crippen LogP contribution in [0.4, 0.5) is 0 Å². The fraction of sp³-hybridized carbons (Fsp3) is 0.895. The van der Waals surface area contributed by atoms with Crippen LogP contribution in [0.5, 0.6) is 0 Å². The average Bonchev–Trinajstić information content (AvgIpc) is 2.76.